The third kappa shape index (κ3) is 2.13. The van der Waals surface area contributed by atoms with Crippen LogP contribution in [-0.2, 0) is 16.9 Å². The lowest BCUT2D eigenvalue weighted by Gasteiger charge is -2.15. The van der Waals surface area contributed by atoms with Gasteiger partial charge < -0.3 is 9.88 Å². The molecule has 1 fully saturated rings. The molecule has 5 nitrogen and oxygen atoms in total. The second kappa shape index (κ2) is 4.56. The van der Waals surface area contributed by atoms with E-state index in [1.165, 1.54) is 6.26 Å². The van der Waals surface area contributed by atoms with Crippen LogP contribution in [-0.4, -0.2) is 30.8 Å². The van der Waals surface area contributed by atoms with Crippen LogP contribution in [0.15, 0.2) is 23.1 Å². The summed E-state index contributed by atoms with van der Waals surface area (Å²) in [5, 5.41) is 3.47. The van der Waals surface area contributed by atoms with Gasteiger partial charge in [-0.1, -0.05) is 6.92 Å². The van der Waals surface area contributed by atoms with Crippen LogP contribution in [0.2, 0.25) is 0 Å². The quantitative estimate of drug-likeness (QED) is 0.914. The van der Waals surface area contributed by atoms with Crippen molar-refractivity contribution in [2.75, 3.05) is 12.8 Å². The molecule has 2 atom stereocenters. The molecule has 6 heteroatoms. The summed E-state index contributed by atoms with van der Waals surface area (Å²) >= 11 is 0. The number of aromatic nitrogens is 2. The van der Waals surface area contributed by atoms with Gasteiger partial charge in [0.05, 0.1) is 22.0 Å². The molecule has 20 heavy (non-hydrogen) atoms. The fraction of sp³-hybridized carbons (Fsp3) is 0.500. The predicted molar refractivity (Wildman–Crippen MR) is 78.3 cm³/mol. The van der Waals surface area contributed by atoms with Crippen molar-refractivity contribution in [3.63, 3.8) is 0 Å². The van der Waals surface area contributed by atoms with Gasteiger partial charge in [0.25, 0.3) is 0 Å². The Kier molecular flexibility index (Phi) is 3.10. The van der Waals surface area contributed by atoms with Crippen molar-refractivity contribution in [3.8, 4) is 0 Å². The van der Waals surface area contributed by atoms with Crippen molar-refractivity contribution in [3.05, 3.63) is 24.0 Å². The Bertz CT molecular complexity index is 764. The van der Waals surface area contributed by atoms with Gasteiger partial charge in [-0.3, -0.25) is 0 Å². The Morgan fingerprint density at radius 1 is 1.40 bits per heavy atom. The zero-order chi connectivity index (χ0) is 14.5. The highest BCUT2D eigenvalue weighted by molar-refractivity contribution is 7.90. The summed E-state index contributed by atoms with van der Waals surface area (Å²) in [7, 11) is -1.21. The Morgan fingerprint density at radius 3 is 2.75 bits per heavy atom. The van der Waals surface area contributed by atoms with Crippen molar-refractivity contribution in [2.45, 2.75) is 24.3 Å². The molecule has 1 aromatic carbocycles. The largest absolute Gasteiger partial charge is 0.330 e. The molecule has 3 rings (SSSR count). The molecule has 0 amide bonds. The van der Waals surface area contributed by atoms with Gasteiger partial charge in [-0.05, 0) is 37.1 Å². The minimum absolute atomic E-state index is 0.245. The molecule has 0 aliphatic carbocycles. The van der Waals surface area contributed by atoms with Gasteiger partial charge in [0.1, 0.15) is 5.82 Å². The minimum atomic E-state index is -3.19. The molecule has 0 spiro atoms. The molecular formula is C14H19N3O2S. The summed E-state index contributed by atoms with van der Waals surface area (Å²) in [4.78, 5) is 4.98. The maximum Gasteiger partial charge on any atom is 0.175 e. The molecule has 1 aliphatic heterocycles. The number of hydrogen-bond donors (Lipinski definition) is 1. The Labute approximate surface area is 118 Å². The first-order valence-electron chi connectivity index (χ1n) is 6.78. The van der Waals surface area contributed by atoms with Gasteiger partial charge in [0.2, 0.25) is 0 Å². The Balaban J connectivity index is 2.14. The maximum atomic E-state index is 11.6. The van der Waals surface area contributed by atoms with Gasteiger partial charge in [0, 0.05) is 13.3 Å². The molecule has 1 aliphatic rings. The summed E-state index contributed by atoms with van der Waals surface area (Å²) < 4.78 is 25.3. The fourth-order valence-electron chi connectivity index (χ4n) is 2.89. The maximum absolute atomic E-state index is 11.6. The number of fused-ring (bicyclic) bond motifs is 1. The minimum Gasteiger partial charge on any atom is -0.330 e. The molecule has 0 radical (unpaired) electrons. The average Bonchev–Trinajstić information content (AvgIpc) is 2.92. The summed E-state index contributed by atoms with van der Waals surface area (Å²) in [5.74, 6) is 1.52. The number of nitrogens with one attached hydrogen (secondary N) is 1. The lowest BCUT2D eigenvalue weighted by atomic mass is 10.0. The molecule has 1 saturated heterocycles. The van der Waals surface area contributed by atoms with Crippen LogP contribution in [0.1, 0.15) is 25.2 Å². The lowest BCUT2D eigenvalue weighted by molar-refractivity contribution is 0.469. The highest BCUT2D eigenvalue weighted by atomic mass is 32.2. The zero-order valence-electron chi connectivity index (χ0n) is 11.9. The first-order chi connectivity index (χ1) is 9.38. The summed E-state index contributed by atoms with van der Waals surface area (Å²) in [6.45, 7) is 3.22. The molecule has 2 aromatic rings. The average molecular weight is 293 g/mol. The van der Waals surface area contributed by atoms with E-state index in [2.05, 4.69) is 21.8 Å². The summed E-state index contributed by atoms with van der Waals surface area (Å²) in [6.07, 6.45) is 2.36. The summed E-state index contributed by atoms with van der Waals surface area (Å²) in [5.41, 5.74) is 1.71. The van der Waals surface area contributed by atoms with Crippen LogP contribution >= 0.6 is 0 Å². The highest BCUT2D eigenvalue weighted by Crippen LogP contribution is 2.30. The molecule has 0 saturated carbocycles. The van der Waals surface area contributed by atoms with Crippen LogP contribution in [0, 0.1) is 5.92 Å². The molecule has 108 valence electrons. The highest BCUT2D eigenvalue weighted by Gasteiger charge is 2.28. The van der Waals surface area contributed by atoms with Crippen molar-refractivity contribution < 1.29 is 8.42 Å². The van der Waals surface area contributed by atoms with E-state index < -0.39 is 9.84 Å². The lowest BCUT2D eigenvalue weighted by Crippen LogP contribution is -2.20. The normalized spacial score (nSPS) is 23.6. The monoisotopic (exact) mass is 293 g/mol. The third-order valence-electron chi connectivity index (χ3n) is 4.13. The van der Waals surface area contributed by atoms with Crippen LogP contribution < -0.4 is 5.32 Å². The van der Waals surface area contributed by atoms with Gasteiger partial charge in [0.15, 0.2) is 9.84 Å². The zero-order valence-corrected chi connectivity index (χ0v) is 12.7. The SMILES string of the molecule is CC1CCNC1c1nc2cc(S(C)(=O)=O)ccc2n1C. The van der Waals surface area contributed by atoms with Gasteiger partial charge in [-0.15, -0.1) is 0 Å². The number of sulfone groups is 1. The van der Waals surface area contributed by atoms with E-state index in [9.17, 15) is 8.42 Å². The Hall–Kier alpha value is -1.40. The number of imidazole rings is 1. The molecule has 2 unspecified atom stereocenters. The third-order valence-corrected chi connectivity index (χ3v) is 5.24. The molecular weight excluding hydrogens is 274 g/mol. The smallest absolute Gasteiger partial charge is 0.175 e. The van der Waals surface area contributed by atoms with E-state index in [1.807, 2.05) is 13.1 Å². The van der Waals surface area contributed by atoms with E-state index in [0.29, 0.717) is 10.8 Å². The second-order valence-corrected chi connectivity index (χ2v) is 7.67. The van der Waals surface area contributed by atoms with Crippen LogP contribution in [0.25, 0.3) is 11.0 Å². The standard InChI is InChI=1S/C14H19N3O2S/c1-9-6-7-15-13(9)14-16-11-8-10(20(3,18)19)4-5-12(11)17(14)2/h4-5,8-9,13,15H,6-7H2,1-3H3. The molecule has 2 heterocycles. The first kappa shape index (κ1) is 13.6. The van der Waals surface area contributed by atoms with Crippen LogP contribution in [0.3, 0.4) is 0 Å². The molecule has 1 N–H and O–H groups in total. The van der Waals surface area contributed by atoms with Crippen LogP contribution in [0.5, 0.6) is 0 Å². The fourth-order valence-corrected chi connectivity index (χ4v) is 3.53. The number of aryl methyl sites for hydroxylation is 1. The number of hydrogen-bond acceptors (Lipinski definition) is 4. The predicted octanol–water partition coefficient (Wildman–Crippen LogP) is 1.65. The van der Waals surface area contributed by atoms with Crippen molar-refractivity contribution in [1.29, 1.82) is 0 Å². The second-order valence-electron chi connectivity index (χ2n) is 5.65. The van der Waals surface area contributed by atoms with Crippen LogP contribution in [0.4, 0.5) is 0 Å². The topological polar surface area (TPSA) is 64.0 Å². The molecule has 1 aromatic heterocycles. The van der Waals surface area contributed by atoms with Crippen molar-refractivity contribution in [2.24, 2.45) is 13.0 Å². The van der Waals surface area contributed by atoms with E-state index in [-0.39, 0.29) is 6.04 Å². The van der Waals surface area contributed by atoms with E-state index in [1.54, 1.807) is 12.1 Å². The van der Waals surface area contributed by atoms with Gasteiger partial charge in [-0.2, -0.15) is 0 Å². The molecule has 0 bridgehead atoms. The number of nitrogens with zero attached hydrogens (tertiary/aromatic N) is 2. The van der Waals surface area contributed by atoms with Gasteiger partial charge in [-0.25, -0.2) is 13.4 Å². The van der Waals surface area contributed by atoms with Gasteiger partial charge >= 0.3 is 0 Å². The number of benzene rings is 1. The van der Waals surface area contributed by atoms with Crippen molar-refractivity contribution in [1.82, 2.24) is 14.9 Å². The summed E-state index contributed by atoms with van der Waals surface area (Å²) in [6, 6.07) is 5.39. The van der Waals surface area contributed by atoms with E-state index in [0.717, 1.165) is 29.8 Å². The van der Waals surface area contributed by atoms with E-state index in [4.69, 9.17) is 0 Å². The van der Waals surface area contributed by atoms with E-state index >= 15 is 0 Å². The van der Waals surface area contributed by atoms with Crippen molar-refractivity contribution >= 4 is 20.9 Å². The first-order valence-corrected chi connectivity index (χ1v) is 8.67. The number of rotatable bonds is 2. The Morgan fingerprint density at radius 2 is 2.15 bits per heavy atom.